The van der Waals surface area contributed by atoms with E-state index >= 15 is 0 Å². The second-order valence-corrected chi connectivity index (χ2v) is 5.29. The van der Waals surface area contributed by atoms with Gasteiger partial charge in [0, 0.05) is 10.8 Å². The van der Waals surface area contributed by atoms with Crippen molar-refractivity contribution in [2.24, 2.45) is 0 Å². The van der Waals surface area contributed by atoms with Crippen LogP contribution < -0.4 is 5.73 Å². The molecular formula is C13H15FN2S. The first-order chi connectivity index (χ1) is 7.99. The summed E-state index contributed by atoms with van der Waals surface area (Å²) in [4.78, 5) is 5.32. The number of nitrogens with zero attached hydrogens (tertiary/aromatic N) is 1. The van der Waals surface area contributed by atoms with Gasteiger partial charge in [-0.2, -0.15) is 0 Å². The van der Waals surface area contributed by atoms with Crippen LogP contribution in [0.1, 0.15) is 34.5 Å². The van der Waals surface area contributed by atoms with Crippen LogP contribution in [0.5, 0.6) is 0 Å². The van der Waals surface area contributed by atoms with Crippen molar-refractivity contribution in [3.05, 3.63) is 45.7 Å². The summed E-state index contributed by atoms with van der Waals surface area (Å²) in [7, 11) is 0. The fourth-order valence-corrected chi connectivity index (χ4v) is 2.96. The maximum absolute atomic E-state index is 13.3. The molecular weight excluding hydrogens is 235 g/mol. The van der Waals surface area contributed by atoms with Crippen LogP contribution >= 0.6 is 11.3 Å². The van der Waals surface area contributed by atoms with Crippen LogP contribution in [-0.4, -0.2) is 4.98 Å². The zero-order valence-electron chi connectivity index (χ0n) is 10.1. The van der Waals surface area contributed by atoms with Crippen LogP contribution in [0.3, 0.4) is 0 Å². The van der Waals surface area contributed by atoms with Gasteiger partial charge in [-0.3, -0.25) is 0 Å². The Kier molecular flexibility index (Phi) is 3.15. The lowest BCUT2D eigenvalue weighted by molar-refractivity contribution is 0.623. The molecule has 2 rings (SSSR count). The van der Waals surface area contributed by atoms with Crippen molar-refractivity contribution in [2.75, 3.05) is 5.73 Å². The quantitative estimate of drug-likeness (QED) is 0.884. The molecule has 0 aliphatic rings. The third kappa shape index (κ3) is 2.31. The molecule has 17 heavy (non-hydrogen) atoms. The van der Waals surface area contributed by atoms with E-state index in [1.807, 2.05) is 13.8 Å². The summed E-state index contributed by atoms with van der Waals surface area (Å²) in [5.41, 5.74) is 8.72. The van der Waals surface area contributed by atoms with Gasteiger partial charge in [0.15, 0.2) is 5.13 Å². The Labute approximate surface area is 104 Å². The number of hydrogen-bond donors (Lipinski definition) is 1. The minimum atomic E-state index is -0.201. The maximum Gasteiger partial charge on any atom is 0.180 e. The van der Waals surface area contributed by atoms with Crippen LogP contribution in [0, 0.1) is 19.7 Å². The molecule has 0 saturated heterocycles. The van der Waals surface area contributed by atoms with Crippen LogP contribution in [-0.2, 0) is 0 Å². The largest absolute Gasteiger partial charge is 0.375 e. The fraction of sp³-hybridized carbons (Fsp3) is 0.308. The molecule has 90 valence electrons. The van der Waals surface area contributed by atoms with Gasteiger partial charge >= 0.3 is 0 Å². The van der Waals surface area contributed by atoms with E-state index in [1.165, 1.54) is 17.4 Å². The van der Waals surface area contributed by atoms with E-state index in [1.54, 1.807) is 12.1 Å². The van der Waals surface area contributed by atoms with E-state index in [4.69, 9.17) is 5.73 Å². The monoisotopic (exact) mass is 250 g/mol. The highest BCUT2D eigenvalue weighted by atomic mass is 32.1. The predicted molar refractivity (Wildman–Crippen MR) is 69.9 cm³/mol. The van der Waals surface area contributed by atoms with Crippen LogP contribution in [0.25, 0.3) is 0 Å². The molecule has 1 heterocycles. The molecule has 0 bridgehead atoms. The van der Waals surface area contributed by atoms with Gasteiger partial charge in [-0.25, -0.2) is 9.37 Å². The Morgan fingerprint density at radius 2 is 2.06 bits per heavy atom. The molecule has 0 spiro atoms. The molecule has 2 N–H and O–H groups in total. The van der Waals surface area contributed by atoms with Gasteiger partial charge in [0.05, 0.1) is 5.69 Å². The lowest BCUT2D eigenvalue weighted by atomic mass is 9.94. The summed E-state index contributed by atoms with van der Waals surface area (Å²) in [6, 6.07) is 4.88. The highest BCUT2D eigenvalue weighted by Gasteiger charge is 2.17. The first kappa shape index (κ1) is 12.0. The summed E-state index contributed by atoms with van der Waals surface area (Å²) < 4.78 is 13.3. The molecule has 4 heteroatoms. The van der Waals surface area contributed by atoms with Crippen molar-refractivity contribution in [1.82, 2.24) is 4.98 Å². The number of anilines is 1. The summed E-state index contributed by atoms with van der Waals surface area (Å²) in [6.07, 6.45) is 0. The second kappa shape index (κ2) is 4.45. The van der Waals surface area contributed by atoms with E-state index < -0.39 is 0 Å². The van der Waals surface area contributed by atoms with Gasteiger partial charge in [0.2, 0.25) is 0 Å². The molecule has 2 nitrogen and oxygen atoms in total. The number of nitrogen functional groups attached to an aromatic ring is 1. The van der Waals surface area contributed by atoms with E-state index in [-0.39, 0.29) is 11.7 Å². The molecule has 0 aliphatic heterocycles. The minimum absolute atomic E-state index is 0.125. The normalized spacial score (nSPS) is 12.7. The molecule has 1 atom stereocenters. The summed E-state index contributed by atoms with van der Waals surface area (Å²) in [5, 5.41) is 0.568. The molecule has 1 aromatic heterocycles. The average molecular weight is 250 g/mol. The summed E-state index contributed by atoms with van der Waals surface area (Å²) >= 11 is 1.48. The van der Waals surface area contributed by atoms with Gasteiger partial charge in [-0.05, 0) is 37.1 Å². The lowest BCUT2D eigenvalue weighted by Gasteiger charge is -2.13. The first-order valence-electron chi connectivity index (χ1n) is 5.48. The number of rotatable bonds is 2. The smallest absolute Gasteiger partial charge is 0.180 e. The molecule has 1 unspecified atom stereocenters. The van der Waals surface area contributed by atoms with Gasteiger partial charge < -0.3 is 5.73 Å². The number of halogens is 1. The Balaban J connectivity index is 2.46. The SMILES string of the molecule is Cc1ccc(F)cc1C(C)c1sc(N)nc1C. The average Bonchev–Trinajstić information content (AvgIpc) is 2.60. The van der Waals surface area contributed by atoms with Crippen molar-refractivity contribution < 1.29 is 4.39 Å². The number of hydrogen-bond acceptors (Lipinski definition) is 3. The van der Waals surface area contributed by atoms with E-state index in [0.717, 1.165) is 21.7 Å². The van der Waals surface area contributed by atoms with Crippen molar-refractivity contribution >= 4 is 16.5 Å². The molecule has 0 fully saturated rings. The van der Waals surface area contributed by atoms with Crippen molar-refractivity contribution in [2.45, 2.75) is 26.7 Å². The number of nitrogens with two attached hydrogens (primary N) is 1. The first-order valence-corrected chi connectivity index (χ1v) is 6.29. The summed E-state index contributed by atoms with van der Waals surface area (Å²) in [5.74, 6) is -0.0758. The number of benzene rings is 1. The van der Waals surface area contributed by atoms with Gasteiger partial charge in [0.1, 0.15) is 5.82 Å². The second-order valence-electron chi connectivity index (χ2n) is 4.22. The van der Waals surface area contributed by atoms with E-state index in [0.29, 0.717) is 5.13 Å². The van der Waals surface area contributed by atoms with E-state index in [2.05, 4.69) is 11.9 Å². The Morgan fingerprint density at radius 3 is 2.65 bits per heavy atom. The highest BCUT2D eigenvalue weighted by Crippen LogP contribution is 2.34. The van der Waals surface area contributed by atoms with Crippen LogP contribution in [0.4, 0.5) is 9.52 Å². The van der Waals surface area contributed by atoms with Crippen molar-refractivity contribution in [1.29, 1.82) is 0 Å². The topological polar surface area (TPSA) is 38.9 Å². The number of thiazole rings is 1. The molecule has 1 aromatic carbocycles. The van der Waals surface area contributed by atoms with Crippen LogP contribution in [0.2, 0.25) is 0 Å². The van der Waals surface area contributed by atoms with Gasteiger partial charge in [0.25, 0.3) is 0 Å². The zero-order valence-corrected chi connectivity index (χ0v) is 10.9. The zero-order chi connectivity index (χ0) is 12.6. The molecule has 0 aliphatic carbocycles. The molecule has 2 aromatic rings. The fourth-order valence-electron chi connectivity index (χ4n) is 2.05. The predicted octanol–water partition coefficient (Wildman–Crippen LogP) is 3.63. The van der Waals surface area contributed by atoms with Gasteiger partial charge in [-0.1, -0.05) is 13.0 Å². The maximum atomic E-state index is 13.3. The van der Waals surface area contributed by atoms with E-state index in [9.17, 15) is 4.39 Å². The number of aryl methyl sites for hydroxylation is 2. The van der Waals surface area contributed by atoms with Crippen molar-refractivity contribution in [3.8, 4) is 0 Å². The standard InChI is InChI=1S/C13H15FN2S/c1-7-4-5-10(14)6-11(7)8(2)12-9(3)16-13(15)17-12/h4-6,8H,1-3H3,(H2,15,16). The highest BCUT2D eigenvalue weighted by molar-refractivity contribution is 7.15. The van der Waals surface area contributed by atoms with Gasteiger partial charge in [-0.15, -0.1) is 11.3 Å². The van der Waals surface area contributed by atoms with Crippen molar-refractivity contribution in [3.63, 3.8) is 0 Å². The summed E-state index contributed by atoms with van der Waals surface area (Å²) in [6.45, 7) is 5.99. The molecule has 0 amide bonds. The molecule has 0 radical (unpaired) electrons. The number of aromatic nitrogens is 1. The Hall–Kier alpha value is -1.42. The van der Waals surface area contributed by atoms with Crippen LogP contribution in [0.15, 0.2) is 18.2 Å². The Morgan fingerprint density at radius 1 is 1.35 bits per heavy atom. The third-order valence-corrected chi connectivity index (χ3v) is 4.12. The third-order valence-electron chi connectivity index (χ3n) is 2.95. The Bertz CT molecular complexity index is 548. The minimum Gasteiger partial charge on any atom is -0.375 e. The lowest BCUT2D eigenvalue weighted by Crippen LogP contribution is -1.99. The molecule has 0 saturated carbocycles.